The minimum Gasteiger partial charge on any atom is -0.383 e. The monoisotopic (exact) mass is 238 g/mol. The van der Waals surface area contributed by atoms with Crippen LogP contribution in [-0.4, -0.2) is 17.4 Å². The molecule has 1 fully saturated rings. The van der Waals surface area contributed by atoms with Crippen molar-refractivity contribution < 1.29 is 18.3 Å². The molecule has 0 heterocycles. The number of alkyl halides is 3. The molecule has 0 aliphatic heterocycles. The van der Waals surface area contributed by atoms with Gasteiger partial charge in [0.05, 0.1) is 0 Å². The molecule has 0 aromatic rings. The van der Waals surface area contributed by atoms with E-state index < -0.39 is 18.2 Å². The Bertz CT molecular complexity index is 221. The molecule has 1 aliphatic carbocycles. The lowest BCUT2D eigenvalue weighted by molar-refractivity contribution is -0.223. The van der Waals surface area contributed by atoms with Crippen LogP contribution in [0.4, 0.5) is 13.2 Å². The summed E-state index contributed by atoms with van der Waals surface area (Å²) in [5.41, 5.74) is 0.161. The van der Waals surface area contributed by atoms with Gasteiger partial charge in [0.2, 0.25) is 0 Å². The molecule has 96 valence electrons. The van der Waals surface area contributed by atoms with Gasteiger partial charge in [0.1, 0.15) is 0 Å². The van der Waals surface area contributed by atoms with Crippen LogP contribution >= 0.6 is 0 Å². The molecule has 0 spiro atoms. The summed E-state index contributed by atoms with van der Waals surface area (Å²) in [5, 5.41) is 9.17. The number of aliphatic hydroxyl groups excluding tert-OH is 1. The Balaban J connectivity index is 2.50. The van der Waals surface area contributed by atoms with Crippen molar-refractivity contribution in [3.05, 3.63) is 0 Å². The summed E-state index contributed by atoms with van der Waals surface area (Å²) < 4.78 is 36.9. The lowest BCUT2D eigenvalue weighted by Crippen LogP contribution is -2.39. The minimum absolute atomic E-state index is 0.161. The van der Waals surface area contributed by atoms with E-state index in [2.05, 4.69) is 20.8 Å². The van der Waals surface area contributed by atoms with Gasteiger partial charge in [-0.05, 0) is 42.9 Å². The van der Waals surface area contributed by atoms with E-state index >= 15 is 0 Å². The van der Waals surface area contributed by atoms with Crippen LogP contribution in [0.25, 0.3) is 0 Å². The molecule has 16 heavy (non-hydrogen) atoms. The van der Waals surface area contributed by atoms with E-state index in [4.69, 9.17) is 0 Å². The molecule has 1 unspecified atom stereocenters. The summed E-state index contributed by atoms with van der Waals surface area (Å²) in [6.45, 7) is 6.37. The quantitative estimate of drug-likeness (QED) is 0.737. The van der Waals surface area contributed by atoms with Crippen molar-refractivity contribution in [2.45, 2.75) is 58.7 Å². The van der Waals surface area contributed by atoms with Crippen molar-refractivity contribution in [2.75, 3.05) is 0 Å². The minimum atomic E-state index is -4.46. The molecule has 0 bridgehead atoms. The molecule has 1 saturated carbocycles. The predicted octanol–water partition coefficient (Wildman–Crippen LogP) is 3.76. The second-order valence-corrected chi connectivity index (χ2v) is 5.96. The molecule has 0 radical (unpaired) electrons. The van der Waals surface area contributed by atoms with Crippen molar-refractivity contribution >= 4 is 0 Å². The molecule has 1 atom stereocenters. The Morgan fingerprint density at radius 3 is 1.75 bits per heavy atom. The first-order chi connectivity index (χ1) is 7.12. The molecule has 1 N–H and O–H groups in total. The van der Waals surface area contributed by atoms with Gasteiger partial charge in [-0.3, -0.25) is 0 Å². The number of hydrogen-bond donors (Lipinski definition) is 1. The fraction of sp³-hybridized carbons (Fsp3) is 1.00. The Labute approximate surface area is 95.0 Å². The standard InChI is InChI=1S/C12H21F3O/c1-11(2,3)9-6-4-8(5-7-9)10(16)12(13,14)15/h8-10,16H,4-7H2,1-3H3. The highest BCUT2D eigenvalue weighted by molar-refractivity contribution is 4.85. The lowest BCUT2D eigenvalue weighted by Gasteiger charge is -2.38. The van der Waals surface area contributed by atoms with Gasteiger partial charge >= 0.3 is 6.18 Å². The van der Waals surface area contributed by atoms with Gasteiger partial charge in [-0.1, -0.05) is 20.8 Å². The molecule has 4 heteroatoms. The third-order valence-electron chi connectivity index (χ3n) is 3.78. The zero-order valence-corrected chi connectivity index (χ0v) is 10.1. The largest absolute Gasteiger partial charge is 0.414 e. The normalized spacial score (nSPS) is 30.2. The van der Waals surface area contributed by atoms with Crippen LogP contribution in [0, 0.1) is 17.3 Å². The summed E-state index contributed by atoms with van der Waals surface area (Å²) in [7, 11) is 0. The van der Waals surface area contributed by atoms with E-state index in [9.17, 15) is 18.3 Å². The van der Waals surface area contributed by atoms with Crippen LogP contribution in [0.2, 0.25) is 0 Å². The molecular formula is C12H21F3O. The molecule has 0 amide bonds. The van der Waals surface area contributed by atoms with Crippen molar-refractivity contribution in [3.8, 4) is 0 Å². The average molecular weight is 238 g/mol. The van der Waals surface area contributed by atoms with Gasteiger partial charge in [-0.25, -0.2) is 0 Å². The van der Waals surface area contributed by atoms with Gasteiger partial charge in [-0.2, -0.15) is 13.2 Å². The van der Waals surface area contributed by atoms with E-state index in [1.165, 1.54) is 0 Å². The van der Waals surface area contributed by atoms with Crippen molar-refractivity contribution in [2.24, 2.45) is 17.3 Å². The molecular weight excluding hydrogens is 217 g/mol. The smallest absolute Gasteiger partial charge is 0.383 e. The van der Waals surface area contributed by atoms with Crippen molar-refractivity contribution in [1.82, 2.24) is 0 Å². The summed E-state index contributed by atoms with van der Waals surface area (Å²) in [4.78, 5) is 0. The van der Waals surface area contributed by atoms with Gasteiger partial charge in [0.15, 0.2) is 6.10 Å². The Hall–Kier alpha value is -0.250. The highest BCUT2D eigenvalue weighted by atomic mass is 19.4. The van der Waals surface area contributed by atoms with Gasteiger partial charge in [0, 0.05) is 0 Å². The van der Waals surface area contributed by atoms with Crippen LogP contribution in [-0.2, 0) is 0 Å². The van der Waals surface area contributed by atoms with Crippen LogP contribution in [0.15, 0.2) is 0 Å². The third-order valence-corrected chi connectivity index (χ3v) is 3.78. The maximum atomic E-state index is 12.3. The van der Waals surface area contributed by atoms with Crippen LogP contribution in [0.5, 0.6) is 0 Å². The molecule has 1 aliphatic rings. The lowest BCUT2D eigenvalue weighted by atomic mass is 9.69. The molecule has 0 aromatic heterocycles. The van der Waals surface area contributed by atoms with E-state index in [1.807, 2.05) is 0 Å². The maximum absolute atomic E-state index is 12.3. The molecule has 0 saturated heterocycles. The summed E-state index contributed by atoms with van der Waals surface area (Å²) in [5.74, 6) is -0.122. The number of halogens is 3. The fourth-order valence-electron chi connectivity index (χ4n) is 2.57. The van der Waals surface area contributed by atoms with Crippen molar-refractivity contribution in [3.63, 3.8) is 0 Å². The molecule has 1 nitrogen and oxygen atoms in total. The molecule has 0 aromatic carbocycles. The summed E-state index contributed by atoms with van der Waals surface area (Å²) >= 11 is 0. The zero-order chi connectivity index (χ0) is 12.6. The summed E-state index contributed by atoms with van der Waals surface area (Å²) in [6, 6.07) is 0. The first-order valence-electron chi connectivity index (χ1n) is 5.87. The van der Waals surface area contributed by atoms with E-state index in [0.29, 0.717) is 18.8 Å². The first-order valence-corrected chi connectivity index (χ1v) is 5.87. The Kier molecular flexibility index (Phi) is 3.93. The van der Waals surface area contributed by atoms with Crippen LogP contribution in [0.3, 0.4) is 0 Å². The van der Waals surface area contributed by atoms with Gasteiger partial charge in [0.25, 0.3) is 0 Å². The summed E-state index contributed by atoms with van der Waals surface area (Å²) in [6.07, 6.45) is -4.03. The SMILES string of the molecule is CC(C)(C)C1CCC(C(O)C(F)(F)F)CC1. The third kappa shape index (κ3) is 3.37. The molecule has 1 rings (SSSR count). The number of hydrogen-bond acceptors (Lipinski definition) is 1. The fourth-order valence-corrected chi connectivity index (χ4v) is 2.57. The maximum Gasteiger partial charge on any atom is 0.414 e. The highest BCUT2D eigenvalue weighted by Gasteiger charge is 2.45. The predicted molar refractivity (Wildman–Crippen MR) is 57.0 cm³/mol. The second kappa shape index (κ2) is 4.55. The average Bonchev–Trinajstić information content (AvgIpc) is 2.14. The van der Waals surface area contributed by atoms with E-state index in [-0.39, 0.29) is 5.41 Å². The zero-order valence-electron chi connectivity index (χ0n) is 10.1. The Morgan fingerprint density at radius 2 is 1.44 bits per heavy atom. The Morgan fingerprint density at radius 1 is 1.00 bits per heavy atom. The first kappa shape index (κ1) is 13.8. The van der Waals surface area contributed by atoms with Crippen LogP contribution in [0.1, 0.15) is 46.5 Å². The van der Waals surface area contributed by atoms with Crippen molar-refractivity contribution in [1.29, 1.82) is 0 Å². The van der Waals surface area contributed by atoms with Gasteiger partial charge in [-0.15, -0.1) is 0 Å². The number of aliphatic hydroxyl groups is 1. The van der Waals surface area contributed by atoms with E-state index in [1.54, 1.807) is 0 Å². The number of rotatable bonds is 1. The van der Waals surface area contributed by atoms with Gasteiger partial charge < -0.3 is 5.11 Å². The topological polar surface area (TPSA) is 20.2 Å². The highest BCUT2D eigenvalue weighted by Crippen LogP contribution is 2.42. The van der Waals surface area contributed by atoms with E-state index in [0.717, 1.165) is 12.8 Å². The van der Waals surface area contributed by atoms with Crippen LogP contribution < -0.4 is 0 Å². The second-order valence-electron chi connectivity index (χ2n) is 5.96.